The van der Waals surface area contributed by atoms with E-state index in [0.29, 0.717) is 64.0 Å². The fourth-order valence-corrected chi connectivity index (χ4v) is 8.88. The molecule has 4 amide bonds. The van der Waals surface area contributed by atoms with Crippen LogP contribution in [-0.4, -0.2) is 132 Å². The number of rotatable bonds is 10. The highest BCUT2D eigenvalue weighted by Crippen LogP contribution is 2.38. The third-order valence-electron chi connectivity index (χ3n) is 12.0. The summed E-state index contributed by atoms with van der Waals surface area (Å²) in [5, 5.41) is 2.68. The lowest BCUT2D eigenvalue weighted by molar-refractivity contribution is -0.142. The van der Waals surface area contributed by atoms with Crippen LogP contribution >= 0.6 is 11.6 Å². The molecule has 0 radical (unpaired) electrons. The van der Waals surface area contributed by atoms with E-state index in [9.17, 15) is 32.3 Å². The smallest absolute Gasteiger partial charge is 0.418 e. The van der Waals surface area contributed by atoms with Crippen molar-refractivity contribution < 1.29 is 41.8 Å². The lowest BCUT2D eigenvalue weighted by Gasteiger charge is -2.43. The van der Waals surface area contributed by atoms with E-state index in [1.54, 1.807) is 21.9 Å². The zero-order valence-corrected chi connectivity index (χ0v) is 34.1. The van der Waals surface area contributed by atoms with Crippen LogP contribution in [0.3, 0.4) is 0 Å². The highest BCUT2D eigenvalue weighted by atomic mass is 35.5. The number of nitrogens with two attached hydrogens (primary N) is 1. The summed E-state index contributed by atoms with van der Waals surface area (Å²) in [6.07, 6.45) is -4.00. The number of alkyl halides is 3. The average Bonchev–Trinajstić information content (AvgIpc) is 3.41. The zero-order chi connectivity index (χ0) is 42.4. The molecule has 4 aliphatic heterocycles. The molecule has 3 N–H and O–H groups in total. The van der Waals surface area contributed by atoms with Gasteiger partial charge in [-0.25, -0.2) is 9.59 Å². The van der Waals surface area contributed by atoms with Crippen LogP contribution in [0.15, 0.2) is 66.7 Å². The molecule has 3 saturated heterocycles. The molecule has 7 rings (SSSR count). The van der Waals surface area contributed by atoms with Gasteiger partial charge in [0.2, 0.25) is 0 Å². The first-order valence-corrected chi connectivity index (χ1v) is 21.0. The van der Waals surface area contributed by atoms with Gasteiger partial charge in [-0.2, -0.15) is 13.2 Å². The number of hydrogen-bond donors (Lipinski definition) is 2. The summed E-state index contributed by atoms with van der Waals surface area (Å²) in [7, 11) is 0. The Morgan fingerprint density at radius 1 is 0.833 bits per heavy atom. The van der Waals surface area contributed by atoms with Crippen LogP contribution in [0.5, 0.6) is 5.75 Å². The van der Waals surface area contributed by atoms with Crippen molar-refractivity contribution in [2.75, 3.05) is 76.5 Å². The molecule has 1 atom stereocenters. The Kier molecular flexibility index (Phi) is 13.7. The van der Waals surface area contributed by atoms with E-state index in [4.69, 9.17) is 26.8 Å². The second kappa shape index (κ2) is 19.1. The quantitative estimate of drug-likeness (QED) is 0.140. The second-order valence-corrected chi connectivity index (χ2v) is 16.2. The number of benzene rings is 3. The molecule has 0 aromatic heterocycles. The Morgan fingerprint density at radius 3 is 2.18 bits per heavy atom. The molecule has 13 nitrogen and oxygen atoms in total. The summed E-state index contributed by atoms with van der Waals surface area (Å²) < 4.78 is 53.1. The topological polar surface area (TPSA) is 141 Å². The van der Waals surface area contributed by atoms with Gasteiger partial charge in [-0.1, -0.05) is 48.0 Å². The van der Waals surface area contributed by atoms with E-state index in [-0.39, 0.29) is 60.6 Å². The van der Waals surface area contributed by atoms with Crippen LogP contribution in [0.1, 0.15) is 48.8 Å². The predicted octanol–water partition coefficient (Wildman–Crippen LogP) is 6.15. The van der Waals surface area contributed by atoms with Crippen molar-refractivity contribution in [3.05, 3.63) is 88.4 Å². The number of hydrogen-bond acceptors (Lipinski definition) is 9. The van der Waals surface area contributed by atoms with E-state index in [0.717, 1.165) is 43.5 Å². The molecule has 0 saturated carbocycles. The van der Waals surface area contributed by atoms with Gasteiger partial charge < -0.3 is 40.1 Å². The van der Waals surface area contributed by atoms with Gasteiger partial charge in [0.1, 0.15) is 5.75 Å². The Bertz CT molecular complexity index is 2000. The predicted molar refractivity (Wildman–Crippen MR) is 220 cm³/mol. The maximum Gasteiger partial charge on any atom is 0.418 e. The molecule has 3 fully saturated rings. The minimum absolute atomic E-state index is 0.0561. The molecule has 0 bridgehead atoms. The summed E-state index contributed by atoms with van der Waals surface area (Å²) >= 11 is 6.15. The summed E-state index contributed by atoms with van der Waals surface area (Å²) in [5.74, 6) is -0.248. The van der Waals surface area contributed by atoms with Crippen molar-refractivity contribution >= 4 is 47.0 Å². The average molecular weight is 854 g/mol. The molecule has 17 heteroatoms. The number of carbonyl (C=O) groups excluding carboxylic acids is 4. The van der Waals surface area contributed by atoms with Crippen LogP contribution < -0.4 is 15.8 Å². The molecule has 4 aliphatic rings. The normalized spacial score (nSPS) is 19.3. The number of likely N-dealkylation sites (tertiary alicyclic amines) is 2. The molecule has 3 aromatic carbocycles. The summed E-state index contributed by atoms with van der Waals surface area (Å²) in [5.41, 5.74) is 5.83. The van der Waals surface area contributed by atoms with E-state index in [1.807, 2.05) is 42.5 Å². The number of nitrogen functional groups attached to an aromatic ring is 1. The van der Waals surface area contributed by atoms with Gasteiger partial charge in [0.05, 0.1) is 22.7 Å². The standard InChI is InChI=1S/C43H51ClF3N7O6/c44-35-27-29(26-34(39(35)48)43(45,46)47)28-37(60-42(58)53-19-13-32(14-20-53)54-21-10-30-6-4-5-9-36(30)49-41(54)57)40(56)52-17-11-31(12-18-52)51-24-22-50(23-25-51)16-15-38(55)59-33-7-2-1-3-8-33/h1-9,26-27,31-32,37H,10-25,28,48H2,(H,49,57)/t37-/m1/s1. The molecule has 322 valence electrons. The van der Waals surface area contributed by atoms with E-state index in [2.05, 4.69) is 15.1 Å². The van der Waals surface area contributed by atoms with Crippen molar-refractivity contribution in [2.45, 2.75) is 69.3 Å². The number of nitrogens with zero attached hydrogens (tertiary/aromatic N) is 5. The minimum atomic E-state index is -4.79. The number of fused-ring (bicyclic) bond motifs is 1. The largest absolute Gasteiger partial charge is 0.436 e. The number of para-hydroxylation sites is 2. The number of halogens is 4. The van der Waals surface area contributed by atoms with Crippen molar-refractivity contribution in [1.29, 1.82) is 0 Å². The van der Waals surface area contributed by atoms with Gasteiger partial charge in [-0.15, -0.1) is 0 Å². The Hall–Kier alpha value is -5.06. The maximum absolute atomic E-state index is 14.2. The van der Waals surface area contributed by atoms with Gasteiger partial charge in [0.15, 0.2) is 6.10 Å². The van der Waals surface area contributed by atoms with Gasteiger partial charge in [0, 0.05) is 89.6 Å². The first-order valence-electron chi connectivity index (χ1n) is 20.6. The number of ether oxygens (including phenoxy) is 2. The van der Waals surface area contributed by atoms with Gasteiger partial charge in [-0.05, 0) is 73.6 Å². The number of piperidine rings is 2. The summed E-state index contributed by atoms with van der Waals surface area (Å²) in [6, 6.07) is 18.7. The molecule has 0 aliphatic carbocycles. The molecule has 3 aromatic rings. The monoisotopic (exact) mass is 853 g/mol. The number of amides is 4. The molecular weight excluding hydrogens is 803 g/mol. The van der Waals surface area contributed by atoms with Gasteiger partial charge in [-0.3, -0.25) is 14.5 Å². The van der Waals surface area contributed by atoms with Gasteiger partial charge >= 0.3 is 24.3 Å². The van der Waals surface area contributed by atoms with Crippen LogP contribution in [0.2, 0.25) is 5.02 Å². The zero-order valence-electron chi connectivity index (χ0n) is 33.4. The van der Waals surface area contributed by atoms with Crippen molar-refractivity contribution in [1.82, 2.24) is 24.5 Å². The van der Waals surface area contributed by atoms with E-state index < -0.39 is 35.5 Å². The van der Waals surface area contributed by atoms with Crippen LogP contribution in [0.25, 0.3) is 0 Å². The number of piperazine rings is 1. The first kappa shape index (κ1) is 43.0. The van der Waals surface area contributed by atoms with Crippen molar-refractivity contribution in [2.24, 2.45) is 0 Å². The highest BCUT2D eigenvalue weighted by Gasteiger charge is 2.38. The fourth-order valence-electron chi connectivity index (χ4n) is 8.64. The SMILES string of the molecule is Nc1c(Cl)cc(C[C@@H](OC(=O)N2CCC(N3CCc4ccccc4NC3=O)CC2)C(=O)N2CCC(N3CCN(CCC(=O)Oc4ccccc4)CC3)CC2)cc1C(F)(F)F. The molecule has 60 heavy (non-hydrogen) atoms. The molecule has 0 unspecified atom stereocenters. The van der Waals surface area contributed by atoms with Crippen molar-refractivity contribution in [3.63, 3.8) is 0 Å². The van der Waals surface area contributed by atoms with Crippen molar-refractivity contribution in [3.8, 4) is 5.75 Å². The Morgan fingerprint density at radius 2 is 1.48 bits per heavy atom. The Labute approximate surface area is 352 Å². The molecule has 4 heterocycles. The number of anilines is 2. The van der Waals surface area contributed by atoms with Crippen LogP contribution in [-0.2, 0) is 33.3 Å². The highest BCUT2D eigenvalue weighted by molar-refractivity contribution is 6.33. The fraction of sp³-hybridized carbons (Fsp3) is 0.488. The molecular formula is C43H51ClF3N7O6. The van der Waals surface area contributed by atoms with Crippen LogP contribution in [0, 0.1) is 0 Å². The lowest BCUT2D eigenvalue weighted by Crippen LogP contribution is -2.55. The number of esters is 1. The molecule has 0 spiro atoms. The maximum atomic E-state index is 14.2. The lowest BCUT2D eigenvalue weighted by atomic mass is 9.99. The number of carbonyl (C=O) groups is 4. The number of urea groups is 1. The Balaban J connectivity index is 0.942. The van der Waals surface area contributed by atoms with Crippen LogP contribution in [0.4, 0.5) is 34.1 Å². The summed E-state index contributed by atoms with van der Waals surface area (Å²) in [6.45, 7) is 5.61. The summed E-state index contributed by atoms with van der Waals surface area (Å²) in [4.78, 5) is 62.9. The third-order valence-corrected chi connectivity index (χ3v) is 12.4. The minimum Gasteiger partial charge on any atom is -0.436 e. The van der Waals surface area contributed by atoms with Gasteiger partial charge in [0.25, 0.3) is 5.91 Å². The second-order valence-electron chi connectivity index (χ2n) is 15.8. The first-order chi connectivity index (χ1) is 28.8. The van der Waals surface area contributed by atoms with E-state index in [1.165, 1.54) is 11.0 Å². The van der Waals surface area contributed by atoms with E-state index >= 15 is 0 Å². The third kappa shape index (κ3) is 10.6. The number of nitrogens with one attached hydrogen (secondary N) is 1.